The normalized spacial score (nSPS) is 15.2. The van der Waals surface area contributed by atoms with Gasteiger partial charge in [-0.3, -0.25) is 9.69 Å². The van der Waals surface area contributed by atoms with Gasteiger partial charge in [0.05, 0.1) is 21.6 Å². The number of anilines is 1. The second-order valence-electron chi connectivity index (χ2n) is 7.18. The van der Waals surface area contributed by atoms with Crippen LogP contribution in [0.15, 0.2) is 41.2 Å². The summed E-state index contributed by atoms with van der Waals surface area (Å²) in [5, 5.41) is 0.962. The molecule has 1 fully saturated rings. The van der Waals surface area contributed by atoms with Crippen molar-refractivity contribution < 1.29 is 8.78 Å². The number of halogens is 3. The van der Waals surface area contributed by atoms with Gasteiger partial charge in [-0.25, -0.2) is 13.8 Å². The molecule has 0 aliphatic carbocycles. The van der Waals surface area contributed by atoms with Crippen LogP contribution in [0.3, 0.4) is 0 Å². The molecule has 0 atom stereocenters. The highest BCUT2D eigenvalue weighted by Gasteiger charge is 2.19. The predicted molar refractivity (Wildman–Crippen MR) is 111 cm³/mol. The van der Waals surface area contributed by atoms with Crippen molar-refractivity contribution in [3.63, 3.8) is 0 Å². The van der Waals surface area contributed by atoms with Gasteiger partial charge in [-0.2, -0.15) is 0 Å². The van der Waals surface area contributed by atoms with Gasteiger partial charge in [-0.05, 0) is 37.2 Å². The molecule has 0 radical (unpaired) electrons. The van der Waals surface area contributed by atoms with Crippen molar-refractivity contribution in [3.8, 4) is 0 Å². The Morgan fingerprint density at radius 3 is 2.66 bits per heavy atom. The number of hydrogen-bond donors (Lipinski definition) is 1. The first-order valence-corrected chi connectivity index (χ1v) is 9.99. The van der Waals surface area contributed by atoms with Gasteiger partial charge in [0.15, 0.2) is 0 Å². The largest absolute Gasteiger partial charge is 0.367 e. The Labute approximate surface area is 171 Å². The molecule has 29 heavy (non-hydrogen) atoms. The number of benzene rings is 2. The number of aromatic amines is 1. The number of para-hydroxylation sites is 1. The molecule has 1 saturated heterocycles. The van der Waals surface area contributed by atoms with E-state index in [4.69, 9.17) is 11.6 Å². The summed E-state index contributed by atoms with van der Waals surface area (Å²) in [6.07, 6.45) is 1.48. The maximum atomic E-state index is 14.0. The van der Waals surface area contributed by atoms with Gasteiger partial charge in [-0.15, -0.1) is 0 Å². The van der Waals surface area contributed by atoms with Crippen molar-refractivity contribution in [2.75, 3.05) is 37.6 Å². The van der Waals surface area contributed by atoms with Gasteiger partial charge >= 0.3 is 0 Å². The number of aryl methyl sites for hydroxylation is 1. The Balaban J connectivity index is 1.32. The summed E-state index contributed by atoms with van der Waals surface area (Å²) in [4.78, 5) is 23.8. The van der Waals surface area contributed by atoms with Crippen molar-refractivity contribution in [2.24, 2.45) is 0 Å². The Morgan fingerprint density at radius 1 is 1.10 bits per heavy atom. The van der Waals surface area contributed by atoms with Gasteiger partial charge in [0.25, 0.3) is 5.56 Å². The van der Waals surface area contributed by atoms with E-state index >= 15 is 0 Å². The molecule has 5 nitrogen and oxygen atoms in total. The van der Waals surface area contributed by atoms with Crippen LogP contribution in [0.25, 0.3) is 10.9 Å². The summed E-state index contributed by atoms with van der Waals surface area (Å²) in [5.74, 6) is -0.461. The van der Waals surface area contributed by atoms with Crippen LogP contribution in [0.1, 0.15) is 12.2 Å². The number of fused-ring (bicyclic) bond motifs is 1. The van der Waals surface area contributed by atoms with Crippen LogP contribution in [0.2, 0.25) is 5.02 Å². The lowest BCUT2D eigenvalue weighted by Gasteiger charge is -2.36. The average Bonchev–Trinajstić information content (AvgIpc) is 2.70. The molecule has 1 aromatic heterocycles. The lowest BCUT2D eigenvalue weighted by atomic mass is 10.2. The summed E-state index contributed by atoms with van der Waals surface area (Å²) >= 11 is 6.17. The predicted octanol–water partition coefficient (Wildman–Crippen LogP) is 3.61. The third-order valence-corrected chi connectivity index (χ3v) is 5.55. The van der Waals surface area contributed by atoms with Gasteiger partial charge in [0, 0.05) is 38.7 Å². The molecule has 2 aromatic carbocycles. The molecule has 4 rings (SSSR count). The van der Waals surface area contributed by atoms with Crippen LogP contribution in [0.4, 0.5) is 14.5 Å². The van der Waals surface area contributed by atoms with Crippen LogP contribution in [0.5, 0.6) is 0 Å². The number of aromatic nitrogens is 2. The van der Waals surface area contributed by atoms with E-state index in [9.17, 15) is 13.6 Å². The zero-order valence-electron chi connectivity index (χ0n) is 15.8. The number of nitrogens with zero attached hydrogens (tertiary/aromatic N) is 3. The van der Waals surface area contributed by atoms with E-state index in [2.05, 4.69) is 14.9 Å². The minimum absolute atomic E-state index is 0.178. The average molecular weight is 419 g/mol. The Morgan fingerprint density at radius 2 is 1.90 bits per heavy atom. The van der Waals surface area contributed by atoms with Crippen LogP contribution in [-0.2, 0) is 6.42 Å². The monoisotopic (exact) mass is 418 g/mol. The van der Waals surface area contributed by atoms with Crippen molar-refractivity contribution in [2.45, 2.75) is 12.8 Å². The van der Waals surface area contributed by atoms with Crippen LogP contribution in [-0.4, -0.2) is 47.6 Å². The molecular weight excluding hydrogens is 398 g/mol. The SMILES string of the molecule is O=c1[nH]c(CCCN2CCN(c3ccc(F)cc3F)CC2)nc2c(Cl)cccc12. The minimum atomic E-state index is -0.563. The summed E-state index contributed by atoms with van der Waals surface area (Å²) in [6, 6.07) is 8.87. The molecular formula is C21H21ClF2N4O. The number of rotatable bonds is 5. The highest BCUT2D eigenvalue weighted by atomic mass is 35.5. The maximum absolute atomic E-state index is 14.0. The maximum Gasteiger partial charge on any atom is 0.258 e. The molecule has 152 valence electrons. The zero-order valence-corrected chi connectivity index (χ0v) is 16.6. The smallest absolute Gasteiger partial charge is 0.258 e. The van der Waals surface area contributed by atoms with E-state index in [1.807, 2.05) is 4.90 Å². The Hall–Kier alpha value is -2.51. The molecule has 0 saturated carbocycles. The third kappa shape index (κ3) is 4.41. The quantitative estimate of drug-likeness (QED) is 0.687. The van der Waals surface area contributed by atoms with E-state index < -0.39 is 11.6 Å². The van der Waals surface area contributed by atoms with E-state index in [1.54, 1.807) is 18.2 Å². The second-order valence-corrected chi connectivity index (χ2v) is 7.58. The second kappa shape index (κ2) is 8.47. The fraction of sp³-hybridized carbons (Fsp3) is 0.333. The summed E-state index contributed by atoms with van der Waals surface area (Å²) < 4.78 is 27.0. The first-order valence-electron chi connectivity index (χ1n) is 9.61. The molecule has 1 aliphatic rings. The van der Waals surface area contributed by atoms with Crippen LogP contribution >= 0.6 is 11.6 Å². The van der Waals surface area contributed by atoms with E-state index in [0.717, 1.165) is 32.1 Å². The highest BCUT2D eigenvalue weighted by Crippen LogP contribution is 2.22. The fourth-order valence-electron chi connectivity index (χ4n) is 3.71. The molecule has 0 bridgehead atoms. The molecule has 1 aliphatic heterocycles. The van der Waals surface area contributed by atoms with Crippen molar-refractivity contribution in [1.82, 2.24) is 14.9 Å². The molecule has 3 aromatic rings. The summed E-state index contributed by atoms with van der Waals surface area (Å²) in [7, 11) is 0. The fourth-order valence-corrected chi connectivity index (χ4v) is 3.93. The minimum Gasteiger partial charge on any atom is -0.367 e. The highest BCUT2D eigenvalue weighted by molar-refractivity contribution is 6.34. The first-order chi connectivity index (χ1) is 14.0. The van der Waals surface area contributed by atoms with Crippen molar-refractivity contribution in [1.29, 1.82) is 0 Å². The van der Waals surface area contributed by atoms with E-state index in [0.29, 0.717) is 46.9 Å². The van der Waals surface area contributed by atoms with Gasteiger partial charge < -0.3 is 9.88 Å². The van der Waals surface area contributed by atoms with Crippen molar-refractivity contribution >= 4 is 28.2 Å². The molecule has 8 heteroatoms. The van der Waals surface area contributed by atoms with Gasteiger partial charge in [0.2, 0.25) is 0 Å². The van der Waals surface area contributed by atoms with Crippen LogP contribution in [0, 0.1) is 11.6 Å². The van der Waals surface area contributed by atoms with E-state index in [-0.39, 0.29) is 5.56 Å². The van der Waals surface area contributed by atoms with Gasteiger partial charge in [0.1, 0.15) is 17.5 Å². The third-order valence-electron chi connectivity index (χ3n) is 5.25. The molecule has 0 unspecified atom stereocenters. The number of H-pyrrole nitrogens is 1. The number of piperazine rings is 1. The molecule has 0 amide bonds. The zero-order chi connectivity index (χ0) is 20.4. The van der Waals surface area contributed by atoms with Crippen molar-refractivity contribution in [3.05, 3.63) is 69.2 Å². The summed E-state index contributed by atoms with van der Waals surface area (Å²) in [5.41, 5.74) is 0.797. The summed E-state index contributed by atoms with van der Waals surface area (Å²) in [6.45, 7) is 3.81. The lowest BCUT2D eigenvalue weighted by molar-refractivity contribution is 0.254. The Bertz CT molecular complexity index is 1080. The molecule has 0 spiro atoms. The standard InChI is InChI=1S/C21H21ClF2N4O/c22-16-4-1-3-15-20(16)25-19(26-21(15)29)5-2-8-27-9-11-28(12-10-27)18-7-6-14(23)13-17(18)24/h1,3-4,6-7,13H,2,5,8-12H2,(H,25,26,29). The van der Waals surface area contributed by atoms with Crippen LogP contribution < -0.4 is 10.5 Å². The number of nitrogens with one attached hydrogen (secondary N) is 1. The van der Waals surface area contributed by atoms with Gasteiger partial charge in [-0.1, -0.05) is 17.7 Å². The van der Waals surface area contributed by atoms with E-state index in [1.165, 1.54) is 12.1 Å². The first kappa shape index (κ1) is 19.8. The topological polar surface area (TPSA) is 52.2 Å². The lowest BCUT2D eigenvalue weighted by Crippen LogP contribution is -2.47. The Kier molecular flexibility index (Phi) is 5.78. The molecule has 1 N–H and O–H groups in total. The number of hydrogen-bond acceptors (Lipinski definition) is 4. The molecule has 2 heterocycles.